The van der Waals surface area contributed by atoms with Crippen molar-refractivity contribution in [2.24, 2.45) is 5.10 Å². The molecule has 1 amide bonds. The van der Waals surface area contributed by atoms with Crippen LogP contribution in [0.3, 0.4) is 0 Å². The number of nitrogens with zero attached hydrogens (tertiary/aromatic N) is 4. The number of aromatic hydroxyl groups is 1. The topological polar surface area (TPSA) is 111 Å². The molecule has 0 aliphatic rings. The summed E-state index contributed by atoms with van der Waals surface area (Å²) in [5, 5.41) is 23.3. The second-order valence-corrected chi connectivity index (χ2v) is 8.38. The first kappa shape index (κ1) is 24.8. The predicted octanol–water partition coefficient (Wildman–Crippen LogP) is 4.29. The average Bonchev–Trinajstić information content (AvgIpc) is 3.33. The molecule has 36 heavy (non-hydrogen) atoms. The van der Waals surface area contributed by atoms with E-state index in [4.69, 9.17) is 9.47 Å². The SMILES string of the molecule is CCOc1ccc(/C=N/NC(=O)CSc2nnc(-c3ccc(OC)cc3)n2-c2ccccc2)c(O)c1. The number of hydrazone groups is 1. The first-order chi connectivity index (χ1) is 17.6. The maximum absolute atomic E-state index is 12.4. The summed E-state index contributed by atoms with van der Waals surface area (Å²) in [4.78, 5) is 12.4. The van der Waals surface area contributed by atoms with Gasteiger partial charge in [-0.25, -0.2) is 5.43 Å². The molecule has 3 aromatic carbocycles. The molecule has 4 rings (SSSR count). The van der Waals surface area contributed by atoms with Gasteiger partial charge in [-0.1, -0.05) is 30.0 Å². The number of amides is 1. The minimum absolute atomic E-state index is 0.00958. The lowest BCUT2D eigenvalue weighted by atomic mass is 10.2. The normalized spacial score (nSPS) is 10.9. The minimum Gasteiger partial charge on any atom is -0.507 e. The molecule has 0 bridgehead atoms. The quantitative estimate of drug-likeness (QED) is 0.189. The Hall–Kier alpha value is -4.31. The fourth-order valence-corrected chi connectivity index (χ4v) is 4.07. The first-order valence-electron chi connectivity index (χ1n) is 11.1. The summed E-state index contributed by atoms with van der Waals surface area (Å²) in [6, 6.07) is 22.1. The molecule has 2 N–H and O–H groups in total. The Labute approximate surface area is 212 Å². The Morgan fingerprint density at radius 1 is 1.08 bits per heavy atom. The van der Waals surface area contributed by atoms with Crippen molar-refractivity contribution in [3.05, 3.63) is 78.4 Å². The van der Waals surface area contributed by atoms with E-state index in [9.17, 15) is 9.90 Å². The summed E-state index contributed by atoms with van der Waals surface area (Å²) in [7, 11) is 1.62. The third-order valence-corrected chi connectivity index (χ3v) is 5.96. The van der Waals surface area contributed by atoms with Crippen molar-refractivity contribution in [2.75, 3.05) is 19.5 Å². The number of thioether (sulfide) groups is 1. The zero-order valence-corrected chi connectivity index (χ0v) is 20.6. The van der Waals surface area contributed by atoms with Gasteiger partial charge >= 0.3 is 0 Å². The fourth-order valence-electron chi connectivity index (χ4n) is 3.33. The summed E-state index contributed by atoms with van der Waals surface area (Å²) < 4.78 is 12.5. The Morgan fingerprint density at radius 3 is 2.53 bits per heavy atom. The minimum atomic E-state index is -0.324. The number of phenols is 1. The van der Waals surface area contributed by atoms with Gasteiger partial charge in [0, 0.05) is 22.9 Å². The van der Waals surface area contributed by atoms with E-state index in [-0.39, 0.29) is 17.4 Å². The standard InChI is InChI=1S/C26H25N5O4S/c1-3-35-22-14-11-19(23(32)15-22)16-27-28-24(33)17-36-26-30-29-25(18-9-12-21(34-2)13-10-18)31(26)20-7-5-4-6-8-20/h4-16,32H,3,17H2,1-2H3,(H,28,33)/b27-16+. The maximum atomic E-state index is 12.4. The van der Waals surface area contributed by atoms with Crippen LogP contribution in [0.1, 0.15) is 12.5 Å². The van der Waals surface area contributed by atoms with Crippen LogP contribution in [0.2, 0.25) is 0 Å². The number of benzene rings is 3. The van der Waals surface area contributed by atoms with Crippen LogP contribution in [0.25, 0.3) is 17.1 Å². The Kier molecular flexibility index (Phi) is 8.20. The number of methoxy groups -OCH3 is 1. The Bertz CT molecular complexity index is 1340. The summed E-state index contributed by atoms with van der Waals surface area (Å²) in [5.74, 6) is 1.71. The summed E-state index contributed by atoms with van der Waals surface area (Å²) in [5.41, 5.74) is 4.67. The smallest absolute Gasteiger partial charge is 0.250 e. The molecule has 0 aliphatic heterocycles. The molecule has 0 aliphatic carbocycles. The summed E-state index contributed by atoms with van der Waals surface area (Å²) >= 11 is 1.24. The number of rotatable bonds is 10. The lowest BCUT2D eigenvalue weighted by Crippen LogP contribution is -2.20. The van der Waals surface area contributed by atoms with Crippen LogP contribution < -0.4 is 14.9 Å². The first-order valence-corrected chi connectivity index (χ1v) is 12.1. The van der Waals surface area contributed by atoms with E-state index < -0.39 is 0 Å². The number of para-hydroxylation sites is 1. The second kappa shape index (κ2) is 11.9. The lowest BCUT2D eigenvalue weighted by molar-refractivity contribution is -0.118. The molecular weight excluding hydrogens is 478 g/mol. The van der Waals surface area contributed by atoms with Gasteiger partial charge in [-0.3, -0.25) is 9.36 Å². The second-order valence-electron chi connectivity index (χ2n) is 7.44. The molecule has 10 heteroatoms. The van der Waals surface area contributed by atoms with E-state index >= 15 is 0 Å². The van der Waals surface area contributed by atoms with E-state index in [1.165, 1.54) is 24.0 Å². The van der Waals surface area contributed by atoms with Crippen molar-refractivity contribution in [2.45, 2.75) is 12.1 Å². The molecule has 0 atom stereocenters. The van der Waals surface area contributed by atoms with E-state index in [0.717, 1.165) is 17.0 Å². The van der Waals surface area contributed by atoms with Crippen molar-refractivity contribution < 1.29 is 19.4 Å². The predicted molar refractivity (Wildman–Crippen MR) is 139 cm³/mol. The average molecular weight is 504 g/mol. The highest BCUT2D eigenvalue weighted by atomic mass is 32.2. The molecule has 0 saturated carbocycles. The third-order valence-electron chi connectivity index (χ3n) is 5.03. The van der Waals surface area contributed by atoms with Gasteiger partial charge in [-0.05, 0) is 55.5 Å². The summed E-state index contributed by atoms with van der Waals surface area (Å²) in [6.07, 6.45) is 1.38. The van der Waals surface area contributed by atoms with Crippen LogP contribution in [-0.4, -0.2) is 51.5 Å². The van der Waals surface area contributed by atoms with Crippen molar-refractivity contribution in [3.63, 3.8) is 0 Å². The van der Waals surface area contributed by atoms with Gasteiger partial charge < -0.3 is 14.6 Å². The monoisotopic (exact) mass is 503 g/mol. The van der Waals surface area contributed by atoms with Gasteiger partial charge in [-0.2, -0.15) is 5.10 Å². The molecule has 4 aromatic rings. The number of hydrogen-bond acceptors (Lipinski definition) is 8. The molecule has 0 saturated heterocycles. The molecular formula is C26H25N5O4S. The van der Waals surface area contributed by atoms with Gasteiger partial charge in [0.15, 0.2) is 11.0 Å². The Morgan fingerprint density at radius 2 is 1.83 bits per heavy atom. The van der Waals surface area contributed by atoms with Gasteiger partial charge in [-0.15, -0.1) is 10.2 Å². The molecule has 1 heterocycles. The van der Waals surface area contributed by atoms with Crippen LogP contribution in [0.5, 0.6) is 17.2 Å². The highest BCUT2D eigenvalue weighted by Gasteiger charge is 2.17. The van der Waals surface area contributed by atoms with E-state index in [0.29, 0.717) is 28.9 Å². The van der Waals surface area contributed by atoms with Crippen LogP contribution in [0.15, 0.2) is 83.1 Å². The Balaban J connectivity index is 1.46. The van der Waals surface area contributed by atoms with Crippen molar-refractivity contribution in [1.82, 2.24) is 20.2 Å². The van der Waals surface area contributed by atoms with Crippen molar-refractivity contribution >= 4 is 23.9 Å². The van der Waals surface area contributed by atoms with Crippen LogP contribution in [0, 0.1) is 0 Å². The van der Waals surface area contributed by atoms with Gasteiger partial charge in [0.1, 0.15) is 17.2 Å². The van der Waals surface area contributed by atoms with E-state index in [1.54, 1.807) is 19.2 Å². The van der Waals surface area contributed by atoms with Crippen LogP contribution in [0.4, 0.5) is 0 Å². The number of ether oxygens (including phenoxy) is 2. The lowest BCUT2D eigenvalue weighted by Gasteiger charge is -2.10. The van der Waals surface area contributed by atoms with Crippen LogP contribution >= 0.6 is 11.8 Å². The number of hydrogen-bond donors (Lipinski definition) is 2. The molecule has 0 unspecified atom stereocenters. The molecule has 9 nitrogen and oxygen atoms in total. The molecule has 184 valence electrons. The zero-order chi connectivity index (χ0) is 25.3. The van der Waals surface area contributed by atoms with Gasteiger partial charge in [0.2, 0.25) is 0 Å². The maximum Gasteiger partial charge on any atom is 0.250 e. The third kappa shape index (κ3) is 6.02. The largest absolute Gasteiger partial charge is 0.507 e. The number of nitrogens with one attached hydrogen (secondary N) is 1. The number of carbonyl (C=O) groups excluding carboxylic acids is 1. The highest BCUT2D eigenvalue weighted by molar-refractivity contribution is 7.99. The highest BCUT2D eigenvalue weighted by Crippen LogP contribution is 2.29. The van der Waals surface area contributed by atoms with Crippen molar-refractivity contribution in [3.8, 4) is 34.3 Å². The van der Waals surface area contributed by atoms with Crippen LogP contribution in [-0.2, 0) is 4.79 Å². The van der Waals surface area contributed by atoms with E-state index in [2.05, 4.69) is 20.7 Å². The van der Waals surface area contributed by atoms with Gasteiger partial charge in [0.25, 0.3) is 5.91 Å². The molecule has 0 fully saturated rings. The summed E-state index contributed by atoms with van der Waals surface area (Å²) in [6.45, 7) is 2.36. The van der Waals surface area contributed by atoms with Gasteiger partial charge in [0.05, 0.1) is 25.7 Å². The fraction of sp³-hybridized carbons (Fsp3) is 0.154. The molecule has 0 spiro atoms. The number of phenolic OH excluding ortho intramolecular Hbond substituents is 1. The molecule has 0 radical (unpaired) electrons. The number of aromatic nitrogens is 3. The van der Waals surface area contributed by atoms with E-state index in [1.807, 2.05) is 66.1 Å². The van der Waals surface area contributed by atoms with Crippen molar-refractivity contribution in [1.29, 1.82) is 0 Å². The number of carbonyl (C=O) groups is 1. The molecule has 1 aromatic heterocycles. The zero-order valence-electron chi connectivity index (χ0n) is 19.8.